The van der Waals surface area contributed by atoms with Gasteiger partial charge in [-0.25, -0.2) is 0 Å². The van der Waals surface area contributed by atoms with E-state index in [-0.39, 0.29) is 12.5 Å². The number of hydrogen-bond donors (Lipinski definition) is 2. The molecule has 0 aromatic heterocycles. The van der Waals surface area contributed by atoms with Crippen molar-refractivity contribution in [1.82, 2.24) is 5.32 Å². The van der Waals surface area contributed by atoms with Gasteiger partial charge in [0, 0.05) is 13.0 Å². The summed E-state index contributed by atoms with van der Waals surface area (Å²) >= 11 is 1.60. The summed E-state index contributed by atoms with van der Waals surface area (Å²) in [6, 6.07) is 0. The van der Waals surface area contributed by atoms with Crippen LogP contribution in [0.15, 0.2) is 15.6 Å². The van der Waals surface area contributed by atoms with Crippen molar-refractivity contribution in [2.45, 2.75) is 66.2 Å². The number of thioether (sulfide) groups is 1. The SMILES string of the molecule is CC/C(C)=C(/NC(=O)C(C)(C)CO)SC(=NC)C1CCCCC1. The summed E-state index contributed by atoms with van der Waals surface area (Å²) in [5, 5.41) is 14.4. The zero-order valence-electron chi connectivity index (χ0n) is 15.2. The van der Waals surface area contributed by atoms with Crippen molar-refractivity contribution in [3.8, 4) is 0 Å². The third-order valence-electron chi connectivity index (χ3n) is 4.54. The van der Waals surface area contributed by atoms with E-state index in [1.807, 2.05) is 14.0 Å². The van der Waals surface area contributed by atoms with Crippen LogP contribution < -0.4 is 5.32 Å². The van der Waals surface area contributed by atoms with Crippen LogP contribution >= 0.6 is 11.8 Å². The predicted molar refractivity (Wildman–Crippen MR) is 99.5 cm³/mol. The van der Waals surface area contributed by atoms with Gasteiger partial charge in [-0.3, -0.25) is 9.79 Å². The number of carbonyl (C=O) groups excluding carboxylic acids is 1. The lowest BCUT2D eigenvalue weighted by molar-refractivity contribution is -0.130. The van der Waals surface area contributed by atoms with Crippen molar-refractivity contribution < 1.29 is 9.90 Å². The number of aliphatic hydroxyl groups excluding tert-OH is 1. The van der Waals surface area contributed by atoms with Crippen LogP contribution in [0.4, 0.5) is 0 Å². The van der Waals surface area contributed by atoms with Gasteiger partial charge in [0.05, 0.1) is 22.1 Å². The molecule has 0 bridgehead atoms. The minimum absolute atomic E-state index is 0.144. The Morgan fingerprint density at radius 2 is 1.91 bits per heavy atom. The first-order valence-electron chi connectivity index (χ1n) is 8.62. The van der Waals surface area contributed by atoms with Gasteiger partial charge in [0.1, 0.15) is 0 Å². The van der Waals surface area contributed by atoms with Crippen molar-refractivity contribution in [2.75, 3.05) is 13.7 Å². The number of carbonyl (C=O) groups is 1. The van der Waals surface area contributed by atoms with Gasteiger partial charge in [0.2, 0.25) is 5.91 Å². The van der Waals surface area contributed by atoms with Crippen molar-refractivity contribution in [3.63, 3.8) is 0 Å². The van der Waals surface area contributed by atoms with Crippen LogP contribution in [-0.2, 0) is 4.79 Å². The lowest BCUT2D eigenvalue weighted by atomic mass is 9.90. The summed E-state index contributed by atoms with van der Waals surface area (Å²) in [7, 11) is 1.84. The fourth-order valence-corrected chi connectivity index (χ4v) is 3.65. The maximum absolute atomic E-state index is 12.4. The van der Waals surface area contributed by atoms with E-state index >= 15 is 0 Å². The second-order valence-corrected chi connectivity index (χ2v) is 7.99. The Hall–Kier alpha value is -0.810. The number of hydrogen-bond acceptors (Lipinski definition) is 4. The number of amides is 1. The lowest BCUT2D eigenvalue weighted by Gasteiger charge is -2.26. The largest absolute Gasteiger partial charge is 0.395 e. The molecule has 1 aliphatic carbocycles. The maximum Gasteiger partial charge on any atom is 0.232 e. The van der Waals surface area contributed by atoms with Crippen molar-refractivity contribution in [1.29, 1.82) is 0 Å². The standard InChI is InChI=1S/C18H32N2O2S/c1-6-13(2)15(20-17(22)18(3,4)12-21)23-16(19-5)14-10-8-7-9-11-14/h14,21H,6-12H2,1-5H3,(H,20,22)/b15-13-,19-16?. The van der Waals surface area contributed by atoms with Crippen molar-refractivity contribution in [3.05, 3.63) is 10.6 Å². The van der Waals surface area contributed by atoms with E-state index in [0.29, 0.717) is 5.92 Å². The second-order valence-electron chi connectivity index (χ2n) is 6.96. The lowest BCUT2D eigenvalue weighted by Crippen LogP contribution is -2.39. The van der Waals surface area contributed by atoms with Crippen LogP contribution in [0.3, 0.4) is 0 Å². The van der Waals surface area contributed by atoms with E-state index < -0.39 is 5.41 Å². The fraction of sp³-hybridized carbons (Fsp3) is 0.778. The minimum atomic E-state index is -0.784. The van der Waals surface area contributed by atoms with Gasteiger partial charge in [-0.1, -0.05) is 37.9 Å². The van der Waals surface area contributed by atoms with Gasteiger partial charge >= 0.3 is 0 Å². The van der Waals surface area contributed by atoms with Gasteiger partial charge in [0.25, 0.3) is 0 Å². The Balaban J connectivity index is 2.89. The number of aliphatic hydroxyl groups is 1. The van der Waals surface area contributed by atoms with E-state index in [9.17, 15) is 9.90 Å². The van der Waals surface area contributed by atoms with Gasteiger partial charge in [0.15, 0.2) is 0 Å². The fourth-order valence-electron chi connectivity index (χ4n) is 2.49. The van der Waals surface area contributed by atoms with Gasteiger partial charge in [-0.15, -0.1) is 0 Å². The molecule has 0 heterocycles. The first-order valence-corrected chi connectivity index (χ1v) is 9.44. The van der Waals surface area contributed by atoms with Gasteiger partial charge < -0.3 is 10.4 Å². The Labute approximate surface area is 145 Å². The Morgan fingerprint density at radius 3 is 2.39 bits per heavy atom. The molecule has 1 saturated carbocycles. The average Bonchev–Trinajstić information content (AvgIpc) is 2.58. The minimum Gasteiger partial charge on any atom is -0.395 e. The molecule has 4 nitrogen and oxygen atoms in total. The molecule has 1 amide bonds. The topological polar surface area (TPSA) is 61.7 Å². The van der Waals surface area contributed by atoms with E-state index in [1.54, 1.807) is 25.6 Å². The Kier molecular flexibility index (Phi) is 8.34. The molecule has 5 heteroatoms. The quantitative estimate of drug-likeness (QED) is 0.565. The summed E-state index contributed by atoms with van der Waals surface area (Å²) in [4.78, 5) is 16.9. The molecule has 0 aliphatic heterocycles. The molecule has 132 valence electrons. The number of nitrogens with zero attached hydrogens (tertiary/aromatic N) is 1. The summed E-state index contributed by atoms with van der Waals surface area (Å²) in [6.45, 7) is 7.47. The third-order valence-corrected chi connectivity index (χ3v) is 5.92. The van der Waals surface area contributed by atoms with E-state index in [2.05, 4.69) is 17.2 Å². The average molecular weight is 341 g/mol. The molecule has 1 aliphatic rings. The molecule has 0 unspecified atom stereocenters. The summed E-state index contributed by atoms with van der Waals surface area (Å²) in [6.07, 6.45) is 7.10. The summed E-state index contributed by atoms with van der Waals surface area (Å²) in [5.74, 6) is 0.371. The first-order chi connectivity index (χ1) is 10.9. The zero-order valence-corrected chi connectivity index (χ0v) is 16.1. The first kappa shape index (κ1) is 20.2. The van der Waals surface area contributed by atoms with Gasteiger partial charge in [-0.05, 0) is 45.6 Å². The van der Waals surface area contributed by atoms with Crippen LogP contribution in [-0.4, -0.2) is 29.7 Å². The summed E-state index contributed by atoms with van der Waals surface area (Å²) in [5.41, 5.74) is 0.364. The highest BCUT2D eigenvalue weighted by Gasteiger charge is 2.29. The van der Waals surface area contributed by atoms with Gasteiger partial charge in [-0.2, -0.15) is 0 Å². The molecule has 1 rings (SSSR count). The molecular formula is C18H32N2O2S. The molecule has 0 aromatic carbocycles. The van der Waals surface area contributed by atoms with Crippen molar-refractivity contribution in [2.24, 2.45) is 16.3 Å². The number of nitrogens with one attached hydrogen (secondary N) is 1. The second kappa shape index (κ2) is 9.48. The van der Waals surface area contributed by atoms with Crippen LogP contribution in [0.25, 0.3) is 0 Å². The maximum atomic E-state index is 12.4. The molecule has 2 N–H and O–H groups in total. The molecule has 23 heavy (non-hydrogen) atoms. The highest BCUT2D eigenvalue weighted by atomic mass is 32.2. The van der Waals surface area contributed by atoms with Crippen LogP contribution in [0.1, 0.15) is 66.2 Å². The molecule has 1 fully saturated rings. The van der Waals surface area contributed by atoms with Crippen LogP contribution in [0.5, 0.6) is 0 Å². The highest BCUT2D eigenvalue weighted by Crippen LogP contribution is 2.33. The number of aliphatic imine (C=N–C) groups is 1. The molecular weight excluding hydrogens is 308 g/mol. The molecule has 0 saturated heterocycles. The van der Waals surface area contributed by atoms with Crippen LogP contribution in [0, 0.1) is 11.3 Å². The highest BCUT2D eigenvalue weighted by molar-refractivity contribution is 8.17. The summed E-state index contributed by atoms with van der Waals surface area (Å²) < 4.78 is 0. The van der Waals surface area contributed by atoms with E-state index in [4.69, 9.17) is 0 Å². The molecule has 0 radical (unpaired) electrons. The molecule has 0 aromatic rings. The third kappa shape index (κ3) is 5.96. The number of rotatable bonds is 6. The monoisotopic (exact) mass is 340 g/mol. The normalized spacial score (nSPS) is 18.6. The van der Waals surface area contributed by atoms with E-state index in [0.717, 1.165) is 22.1 Å². The zero-order chi connectivity index (χ0) is 17.5. The molecule has 0 atom stereocenters. The predicted octanol–water partition coefficient (Wildman–Crippen LogP) is 4.10. The smallest absolute Gasteiger partial charge is 0.232 e. The Bertz CT molecular complexity index is 464. The Morgan fingerprint density at radius 1 is 1.30 bits per heavy atom. The molecule has 0 spiro atoms. The number of allylic oxidation sites excluding steroid dienone is 1. The van der Waals surface area contributed by atoms with Crippen LogP contribution in [0.2, 0.25) is 0 Å². The van der Waals surface area contributed by atoms with E-state index in [1.165, 1.54) is 32.1 Å². The van der Waals surface area contributed by atoms with Crippen molar-refractivity contribution >= 4 is 22.7 Å².